The maximum atomic E-state index is 5.22. The van der Waals surface area contributed by atoms with Crippen LogP contribution in [0.2, 0.25) is 0 Å². The van der Waals surface area contributed by atoms with E-state index in [1.807, 2.05) is 6.07 Å². The molecule has 0 aliphatic carbocycles. The van der Waals surface area contributed by atoms with Crippen molar-refractivity contribution in [3.8, 4) is 45.6 Å². The maximum absolute atomic E-state index is 5.22. The van der Waals surface area contributed by atoms with Crippen LogP contribution >= 0.6 is 22.6 Å². The SMILES string of the molecule is CC(C)(C)c1ccc2c(c1)-c1nc-2nc2[n-]c(nc3nc(nc4[n-]c(n1)c1ccc(C(C)(C)C)cc41)-c1c(I)cccc1-3)c1cc(C(C)(C)C)ccc21.[Zn+2]. The van der Waals surface area contributed by atoms with Gasteiger partial charge in [0.25, 0.3) is 0 Å². The zero-order valence-corrected chi connectivity index (χ0v) is 37.2. The minimum absolute atomic E-state index is 0. The average molecular weight is 872 g/mol. The van der Waals surface area contributed by atoms with Gasteiger partial charge in [-0.2, -0.15) is 0 Å². The quantitative estimate of drug-likeness (QED) is 0.110. The summed E-state index contributed by atoms with van der Waals surface area (Å²) in [5.41, 5.74) is 9.21. The Labute approximate surface area is 341 Å². The van der Waals surface area contributed by atoms with Gasteiger partial charge < -0.3 is 29.9 Å². The van der Waals surface area contributed by atoms with Gasteiger partial charge in [-0.15, -0.1) is 0 Å². The largest absolute Gasteiger partial charge is 2.00 e. The minimum atomic E-state index is -0.0774. The summed E-state index contributed by atoms with van der Waals surface area (Å²) in [7, 11) is 0. The van der Waals surface area contributed by atoms with E-state index in [1.54, 1.807) is 0 Å². The van der Waals surface area contributed by atoms with Crippen molar-refractivity contribution in [1.29, 1.82) is 0 Å². The van der Waals surface area contributed by atoms with Gasteiger partial charge in [-0.25, -0.2) is 9.97 Å². The average Bonchev–Trinajstić information content (AvgIpc) is 3.82. The van der Waals surface area contributed by atoms with E-state index in [9.17, 15) is 0 Å². The first-order chi connectivity index (χ1) is 25.0. The number of fused-ring (bicyclic) bond motifs is 20. The molecule has 54 heavy (non-hydrogen) atoms. The van der Waals surface area contributed by atoms with Crippen molar-refractivity contribution in [2.45, 2.75) is 78.6 Å². The minimum Gasteiger partial charge on any atom is -0.357 e. The maximum Gasteiger partial charge on any atom is 2.00 e. The van der Waals surface area contributed by atoms with Crippen molar-refractivity contribution >= 4 is 66.7 Å². The third kappa shape index (κ3) is 6.06. The molecule has 0 radical (unpaired) electrons. The summed E-state index contributed by atoms with van der Waals surface area (Å²) in [5.74, 6) is 2.24. The Bertz CT molecular complexity index is 2870. The van der Waals surface area contributed by atoms with Crippen molar-refractivity contribution in [2.75, 3.05) is 0 Å². The molecule has 0 atom stereocenters. The van der Waals surface area contributed by atoms with Gasteiger partial charge in [0.15, 0.2) is 0 Å². The summed E-state index contributed by atoms with van der Waals surface area (Å²) in [4.78, 5) is 41.3. The van der Waals surface area contributed by atoms with Crippen LogP contribution < -0.4 is 9.97 Å². The Morgan fingerprint density at radius 2 is 0.852 bits per heavy atom. The summed E-state index contributed by atoms with van der Waals surface area (Å²) in [6.45, 7) is 19.9. The molecule has 2 aliphatic heterocycles. The van der Waals surface area contributed by atoms with Gasteiger partial charge in [0, 0.05) is 48.4 Å². The van der Waals surface area contributed by atoms with Crippen LogP contribution in [0, 0.1) is 3.57 Å². The number of halogens is 1. The molecule has 0 spiro atoms. The van der Waals surface area contributed by atoms with Crippen LogP contribution in [0.5, 0.6) is 0 Å². The molecule has 8 bridgehead atoms. The third-order valence-electron chi connectivity index (χ3n) is 10.3. The van der Waals surface area contributed by atoms with Crippen LogP contribution in [0.4, 0.5) is 0 Å². The van der Waals surface area contributed by atoms with Crippen molar-refractivity contribution in [3.63, 3.8) is 0 Å². The summed E-state index contributed by atoms with van der Waals surface area (Å²) in [6.07, 6.45) is 0. The third-order valence-corrected chi connectivity index (χ3v) is 11.2. The first-order valence-corrected chi connectivity index (χ1v) is 19.1. The molecule has 3 aromatic heterocycles. The van der Waals surface area contributed by atoms with Crippen LogP contribution in [0.15, 0.2) is 72.8 Å². The van der Waals surface area contributed by atoms with Crippen molar-refractivity contribution < 1.29 is 19.5 Å². The number of hydrogen-bond acceptors (Lipinski definition) is 6. The first-order valence-electron chi connectivity index (χ1n) is 18.0. The van der Waals surface area contributed by atoms with Gasteiger partial charge >= 0.3 is 19.5 Å². The van der Waals surface area contributed by atoms with Gasteiger partial charge in [0.2, 0.25) is 0 Å². The van der Waals surface area contributed by atoms with Gasteiger partial charge in [-0.05, 0) is 101 Å². The Kier molecular flexibility index (Phi) is 8.51. The smallest absolute Gasteiger partial charge is 0.357 e. The monoisotopic (exact) mass is 870 g/mol. The molecule has 10 heteroatoms. The van der Waals surface area contributed by atoms with E-state index in [2.05, 4.69) is 152 Å². The van der Waals surface area contributed by atoms with E-state index >= 15 is 0 Å². The van der Waals surface area contributed by atoms with E-state index < -0.39 is 0 Å². The molecule has 0 unspecified atom stereocenters. The van der Waals surface area contributed by atoms with E-state index in [-0.39, 0.29) is 35.7 Å². The Morgan fingerprint density at radius 3 is 1.39 bits per heavy atom. The van der Waals surface area contributed by atoms with Crippen molar-refractivity contribution in [3.05, 3.63) is 93.1 Å². The molecule has 7 aromatic rings. The summed E-state index contributed by atoms with van der Waals surface area (Å²) < 4.78 is 1.03. The number of benzene rings is 4. The molecular weight excluding hydrogens is 833 g/mol. The molecule has 4 aromatic carbocycles. The van der Waals surface area contributed by atoms with Gasteiger partial charge in [0.1, 0.15) is 0 Å². The van der Waals surface area contributed by atoms with E-state index in [1.165, 1.54) is 16.7 Å². The standard InChI is InChI=1S/C44H39IN8.Zn/c1-42(2,3)22-13-16-25-29(19-22)38-47-34(25)46-35-26-17-14-23(43(4,5)6)20-30(26)39(48-35)51-37-28-11-10-12-32(45)33(28)41(52-37)53-40-31-21-24(44(7,8)9)15-18-27(31)36(49-38)50-40;/h10-21H,1-9H3;/q-2;+2. The van der Waals surface area contributed by atoms with E-state index in [4.69, 9.17) is 39.9 Å². The number of nitrogens with zero attached hydrogens (tertiary/aromatic N) is 8. The Balaban J connectivity index is 0.00000413. The van der Waals surface area contributed by atoms with Gasteiger partial charge in [-0.3, -0.25) is 0 Å². The molecule has 8 nitrogen and oxygen atoms in total. The Morgan fingerprint density at radius 1 is 0.426 bits per heavy atom. The normalized spacial score (nSPS) is 12.9. The molecular formula is C44H39IN8Zn. The predicted octanol–water partition coefficient (Wildman–Crippen LogP) is 10.6. The van der Waals surface area contributed by atoms with Crippen LogP contribution in [-0.4, -0.2) is 29.9 Å². The fourth-order valence-electron chi connectivity index (χ4n) is 7.07. The van der Waals surface area contributed by atoms with Crippen LogP contribution in [0.3, 0.4) is 0 Å². The summed E-state index contributed by atoms with van der Waals surface area (Å²) in [5, 5.41) is 3.64. The summed E-state index contributed by atoms with van der Waals surface area (Å²) >= 11 is 2.36. The van der Waals surface area contributed by atoms with Gasteiger partial charge in [-0.1, -0.05) is 111 Å². The predicted molar refractivity (Wildman–Crippen MR) is 223 cm³/mol. The molecule has 0 saturated heterocycles. The molecule has 0 amide bonds. The number of hydrogen-bond donors (Lipinski definition) is 0. The molecule has 264 valence electrons. The first kappa shape index (κ1) is 36.6. The van der Waals surface area contributed by atoms with Gasteiger partial charge in [0.05, 0.1) is 23.3 Å². The molecule has 0 fully saturated rings. The second-order valence-corrected chi connectivity index (χ2v) is 18.3. The van der Waals surface area contributed by atoms with Crippen LogP contribution in [-0.2, 0) is 35.7 Å². The second kappa shape index (κ2) is 12.6. The Hall–Kier alpha value is -4.41. The summed E-state index contributed by atoms with van der Waals surface area (Å²) in [6, 6.07) is 25.5. The number of aromatic nitrogens is 8. The fraction of sp³-hybridized carbons (Fsp3) is 0.273. The fourth-order valence-corrected chi connectivity index (χ4v) is 7.81. The van der Waals surface area contributed by atoms with E-state index in [0.717, 1.165) is 47.4 Å². The number of rotatable bonds is 0. The van der Waals surface area contributed by atoms with Crippen LogP contribution in [0.25, 0.3) is 89.7 Å². The van der Waals surface area contributed by atoms with Crippen molar-refractivity contribution in [2.24, 2.45) is 0 Å². The zero-order chi connectivity index (χ0) is 37.2. The molecule has 0 N–H and O–H groups in total. The molecule has 2 aliphatic rings. The molecule has 9 rings (SSSR count). The van der Waals surface area contributed by atoms with E-state index in [0.29, 0.717) is 45.9 Å². The van der Waals surface area contributed by atoms with Crippen LogP contribution in [0.1, 0.15) is 79.0 Å². The zero-order valence-electron chi connectivity index (χ0n) is 32.1. The molecule has 0 saturated carbocycles. The topological polar surface area (TPSA) is 106 Å². The second-order valence-electron chi connectivity index (χ2n) is 17.2. The molecule has 5 heterocycles. The van der Waals surface area contributed by atoms with Crippen molar-refractivity contribution in [1.82, 2.24) is 39.9 Å².